The number of hydrogen-bond acceptors (Lipinski definition) is 5. The number of ether oxygens (including phenoxy) is 1. The summed E-state index contributed by atoms with van der Waals surface area (Å²) in [6, 6.07) is 13.0. The highest BCUT2D eigenvalue weighted by Crippen LogP contribution is 2.60. The van der Waals surface area contributed by atoms with Crippen LogP contribution in [-0.4, -0.2) is 88.0 Å². The van der Waals surface area contributed by atoms with Gasteiger partial charge < -0.3 is 24.5 Å². The number of anilines is 1. The van der Waals surface area contributed by atoms with E-state index in [-0.39, 0.29) is 35.7 Å². The second-order valence-electron chi connectivity index (χ2n) is 12.2. The third-order valence-electron chi connectivity index (χ3n) is 9.39. The first-order valence-electron chi connectivity index (χ1n) is 15.9. The first-order chi connectivity index (χ1) is 21.3. The molecule has 3 aliphatic rings. The average Bonchev–Trinajstić information content (AvgIpc) is 3.62. The van der Waals surface area contributed by atoms with Crippen LogP contribution >= 0.6 is 15.9 Å². The Balaban J connectivity index is 1.55. The van der Waals surface area contributed by atoms with Crippen molar-refractivity contribution in [3.63, 3.8) is 0 Å². The monoisotopic (exact) mass is 665 g/mol. The molecule has 2 bridgehead atoms. The number of likely N-dealkylation sites (tertiary alicyclic amines) is 1. The van der Waals surface area contributed by atoms with Gasteiger partial charge in [0.05, 0.1) is 17.9 Å². The van der Waals surface area contributed by atoms with Crippen molar-refractivity contribution in [2.75, 3.05) is 37.7 Å². The van der Waals surface area contributed by atoms with Crippen LogP contribution in [0.15, 0.2) is 67.8 Å². The van der Waals surface area contributed by atoms with Gasteiger partial charge in [-0.1, -0.05) is 78.2 Å². The Morgan fingerprint density at radius 3 is 2.50 bits per heavy atom. The van der Waals surface area contributed by atoms with Crippen molar-refractivity contribution >= 4 is 50.1 Å². The maximum atomic E-state index is 14.9. The van der Waals surface area contributed by atoms with Crippen LogP contribution < -0.4 is 4.90 Å². The number of nitrogens with zero attached hydrogens (tertiary/aromatic N) is 3. The molecule has 0 saturated carbocycles. The molecule has 3 heterocycles. The van der Waals surface area contributed by atoms with Gasteiger partial charge >= 0.3 is 0 Å². The Morgan fingerprint density at radius 2 is 1.80 bits per heavy atom. The van der Waals surface area contributed by atoms with Crippen LogP contribution in [0.5, 0.6) is 0 Å². The van der Waals surface area contributed by atoms with Crippen molar-refractivity contribution in [3.05, 3.63) is 67.8 Å². The van der Waals surface area contributed by atoms with E-state index in [0.29, 0.717) is 38.9 Å². The van der Waals surface area contributed by atoms with E-state index in [1.54, 1.807) is 26.9 Å². The van der Waals surface area contributed by atoms with Gasteiger partial charge in [0, 0.05) is 43.3 Å². The van der Waals surface area contributed by atoms with Crippen LogP contribution in [0, 0.1) is 11.8 Å². The zero-order valence-electron chi connectivity index (χ0n) is 25.6. The van der Waals surface area contributed by atoms with Gasteiger partial charge in [0.25, 0.3) is 5.91 Å². The number of carbonyl (C=O) groups excluding carboxylic acids is 3. The minimum atomic E-state index is -1.12. The number of benzene rings is 2. The maximum absolute atomic E-state index is 14.9. The van der Waals surface area contributed by atoms with E-state index in [1.807, 2.05) is 49.4 Å². The highest BCUT2D eigenvalue weighted by Gasteiger charge is 2.76. The van der Waals surface area contributed by atoms with E-state index in [2.05, 4.69) is 29.1 Å². The lowest BCUT2D eigenvalue weighted by Crippen LogP contribution is -2.57. The van der Waals surface area contributed by atoms with Crippen LogP contribution in [0.2, 0.25) is 0 Å². The van der Waals surface area contributed by atoms with Gasteiger partial charge in [0.15, 0.2) is 0 Å². The molecule has 3 unspecified atom stereocenters. The molecule has 3 aliphatic heterocycles. The summed E-state index contributed by atoms with van der Waals surface area (Å²) in [5.74, 6) is -1.95. The van der Waals surface area contributed by atoms with Gasteiger partial charge in [0.2, 0.25) is 11.8 Å². The number of rotatable bonds is 15. The van der Waals surface area contributed by atoms with E-state index in [4.69, 9.17) is 4.74 Å². The third-order valence-corrected chi connectivity index (χ3v) is 10.2. The first-order valence-corrected chi connectivity index (χ1v) is 16.8. The fraction of sp³-hybridized carbons (Fsp3) is 0.514. The van der Waals surface area contributed by atoms with Crippen molar-refractivity contribution < 1.29 is 24.2 Å². The van der Waals surface area contributed by atoms with Gasteiger partial charge in [-0.05, 0) is 48.6 Å². The van der Waals surface area contributed by atoms with Gasteiger partial charge in [0.1, 0.15) is 11.6 Å². The summed E-state index contributed by atoms with van der Waals surface area (Å²) < 4.78 is 6.76. The topological polar surface area (TPSA) is 90.4 Å². The number of halogens is 1. The minimum Gasteiger partial charge on any atom is -0.396 e. The molecule has 3 fully saturated rings. The van der Waals surface area contributed by atoms with Gasteiger partial charge in [-0.2, -0.15) is 0 Å². The number of aliphatic hydroxyl groups excluding tert-OH is 1. The molecule has 2 aromatic rings. The molecule has 8 nitrogen and oxygen atoms in total. The Morgan fingerprint density at radius 1 is 1.07 bits per heavy atom. The molecule has 0 radical (unpaired) electrons. The van der Waals surface area contributed by atoms with Crippen molar-refractivity contribution in [1.29, 1.82) is 0 Å². The smallest absolute Gasteiger partial charge is 0.253 e. The summed E-state index contributed by atoms with van der Waals surface area (Å²) in [4.78, 5) is 48.4. The molecular weight excluding hydrogens is 622 g/mol. The summed E-state index contributed by atoms with van der Waals surface area (Å²) in [5.41, 5.74) is -0.403. The van der Waals surface area contributed by atoms with Gasteiger partial charge in [-0.25, -0.2) is 0 Å². The SMILES string of the molecule is C=CCN(CCC)C(=O)[C@H]1[C@@H]2OC3(CC2Br)C(C(=O)N(CC=C)c2ccc4ccccc4c2)N(CCCCCCO)C(=O)[C@H]13. The van der Waals surface area contributed by atoms with Crippen molar-refractivity contribution in [3.8, 4) is 0 Å². The van der Waals surface area contributed by atoms with E-state index < -0.39 is 29.6 Å². The lowest BCUT2D eigenvalue weighted by molar-refractivity contribution is -0.145. The molecule has 0 aromatic heterocycles. The number of unbranched alkanes of at least 4 members (excludes halogenated alkanes) is 3. The Hall–Kier alpha value is -3.01. The predicted octanol–water partition coefficient (Wildman–Crippen LogP) is 5.08. The molecule has 9 heteroatoms. The fourth-order valence-electron chi connectivity index (χ4n) is 7.55. The molecule has 236 valence electrons. The lowest BCUT2D eigenvalue weighted by atomic mass is 9.70. The number of fused-ring (bicyclic) bond motifs is 2. The molecule has 1 N–H and O–H groups in total. The first kappa shape index (κ1) is 32.4. The Labute approximate surface area is 268 Å². The molecule has 2 aromatic carbocycles. The average molecular weight is 667 g/mol. The van der Waals surface area contributed by atoms with Crippen LogP contribution in [-0.2, 0) is 19.1 Å². The highest BCUT2D eigenvalue weighted by atomic mass is 79.9. The van der Waals surface area contributed by atoms with Crippen LogP contribution in [0.25, 0.3) is 10.8 Å². The van der Waals surface area contributed by atoms with E-state index in [1.165, 1.54) is 0 Å². The van der Waals surface area contributed by atoms with Crippen LogP contribution in [0.3, 0.4) is 0 Å². The molecule has 1 spiro atoms. The summed E-state index contributed by atoms with van der Waals surface area (Å²) in [6.07, 6.45) is 7.19. The molecule has 44 heavy (non-hydrogen) atoms. The molecule has 0 aliphatic carbocycles. The zero-order chi connectivity index (χ0) is 31.4. The summed E-state index contributed by atoms with van der Waals surface area (Å²) in [7, 11) is 0. The predicted molar refractivity (Wildman–Crippen MR) is 177 cm³/mol. The highest BCUT2D eigenvalue weighted by molar-refractivity contribution is 9.09. The van der Waals surface area contributed by atoms with Crippen LogP contribution in [0.4, 0.5) is 5.69 Å². The van der Waals surface area contributed by atoms with E-state index in [9.17, 15) is 19.5 Å². The second-order valence-corrected chi connectivity index (χ2v) is 13.4. The maximum Gasteiger partial charge on any atom is 0.253 e. The largest absolute Gasteiger partial charge is 0.396 e. The van der Waals surface area contributed by atoms with Crippen molar-refractivity contribution in [2.24, 2.45) is 11.8 Å². The number of hydrogen-bond donors (Lipinski definition) is 1. The molecular formula is C35H44BrN3O5. The standard InChI is InChI=1S/C35H44BrN3O5/c1-4-17-37(18-5-2)32(41)28-29-33(42)39(20-11-7-8-12-21-40)31(35(29)23-27(36)30(28)44-35)34(43)38(19-6-3)26-16-15-24-13-9-10-14-25(24)22-26/h4,6,9-10,13-16,22,27-31,40H,1,3,5,7-8,11-12,17-21,23H2,2H3/t27?,28-,29+,30-,31?,35?/m1/s1. The third kappa shape index (κ3) is 5.74. The number of carbonyl (C=O) groups is 3. The number of amides is 3. The fourth-order valence-corrected chi connectivity index (χ4v) is 8.49. The van der Waals surface area contributed by atoms with Crippen molar-refractivity contribution in [1.82, 2.24) is 9.80 Å². The molecule has 6 atom stereocenters. The van der Waals surface area contributed by atoms with E-state index in [0.717, 1.165) is 35.7 Å². The van der Waals surface area contributed by atoms with Gasteiger partial charge in [-0.3, -0.25) is 14.4 Å². The Kier molecular flexibility index (Phi) is 10.3. The van der Waals surface area contributed by atoms with E-state index >= 15 is 0 Å². The van der Waals surface area contributed by atoms with Crippen molar-refractivity contribution in [2.45, 2.75) is 68.0 Å². The second kappa shape index (κ2) is 14.0. The lowest BCUT2D eigenvalue weighted by Gasteiger charge is -2.37. The summed E-state index contributed by atoms with van der Waals surface area (Å²) in [5, 5.41) is 11.3. The normalized spacial score (nSPS) is 27.0. The van der Waals surface area contributed by atoms with Crippen LogP contribution in [0.1, 0.15) is 45.4 Å². The molecule has 3 amide bonds. The summed E-state index contributed by atoms with van der Waals surface area (Å²) in [6.45, 7) is 11.5. The summed E-state index contributed by atoms with van der Waals surface area (Å²) >= 11 is 3.79. The molecule has 5 rings (SSSR count). The molecule has 3 saturated heterocycles. The minimum absolute atomic E-state index is 0.116. The van der Waals surface area contributed by atoms with Gasteiger partial charge in [-0.15, -0.1) is 13.2 Å². The number of aliphatic hydroxyl groups is 1. The zero-order valence-corrected chi connectivity index (χ0v) is 27.2. The quantitative estimate of drug-likeness (QED) is 0.163. The number of alkyl halides is 1. The Bertz CT molecular complexity index is 1400.